The Balaban J connectivity index is 1.68. The molecule has 4 aromatic heterocycles. The fraction of sp³-hybridized carbons (Fsp3) is 0.143. The normalized spacial score (nSPS) is 10.8. The number of Topliss-reactive ketones (excluding diaryl/α,β-unsaturated/α-hetero) is 1. The fourth-order valence-corrected chi connectivity index (χ4v) is 4.09. The molecule has 0 unspecified atom stereocenters. The summed E-state index contributed by atoms with van der Waals surface area (Å²) < 4.78 is 11.6. The number of halogens is 1. The number of esters is 1. The zero-order valence-corrected chi connectivity index (χ0v) is 19.5. The lowest BCUT2D eigenvalue weighted by atomic mass is 10.2. The number of rotatable bonds is 8. The highest BCUT2D eigenvalue weighted by Crippen LogP contribution is 2.26. The van der Waals surface area contributed by atoms with E-state index in [2.05, 4.69) is 20.1 Å². The minimum Gasteiger partial charge on any atom is -0.494 e. The minimum absolute atomic E-state index is 0.00135. The van der Waals surface area contributed by atoms with Gasteiger partial charge in [-0.15, -0.1) is 11.3 Å². The van der Waals surface area contributed by atoms with Crippen molar-refractivity contribution in [2.75, 3.05) is 12.4 Å². The molecule has 0 aliphatic carbocycles. The van der Waals surface area contributed by atoms with Gasteiger partial charge < -0.3 is 19.6 Å². The average Bonchev–Trinajstić information content (AvgIpc) is 3.60. The Bertz CT molecular complexity index is 1470. The molecule has 35 heavy (non-hydrogen) atoms. The largest absolute Gasteiger partial charge is 0.494 e. The van der Waals surface area contributed by atoms with Gasteiger partial charge in [0.15, 0.2) is 18.0 Å². The lowest BCUT2D eigenvalue weighted by Gasteiger charge is -2.08. The van der Waals surface area contributed by atoms with E-state index in [1.54, 1.807) is 6.07 Å². The lowest BCUT2D eigenvalue weighted by molar-refractivity contribution is -0.151. The van der Waals surface area contributed by atoms with Crippen molar-refractivity contribution < 1.29 is 28.6 Å². The van der Waals surface area contributed by atoms with Crippen LogP contribution in [0, 0.1) is 0 Å². The number of ketones is 1. The van der Waals surface area contributed by atoms with Crippen LogP contribution in [0.25, 0.3) is 11.3 Å². The van der Waals surface area contributed by atoms with Gasteiger partial charge >= 0.3 is 11.9 Å². The maximum absolute atomic E-state index is 12.9. The first kappa shape index (κ1) is 23.9. The standard InChI is InChI=1S/C21H16ClN5O7S/c1-33-21(32)15(28)8-26-18(29)4-11(5-19(26)30)13-6-17(23-7-12-2-3-16(22)35-12)27(25-13)20(31)14-9-34-10-24-14/h2-6,9-10,23,29H,7-8H2,1H3. The van der Waals surface area contributed by atoms with E-state index >= 15 is 0 Å². The average molecular weight is 518 g/mol. The Hall–Kier alpha value is -4.23. The number of hydrogen-bond donors (Lipinski definition) is 2. The third-order valence-electron chi connectivity index (χ3n) is 4.74. The summed E-state index contributed by atoms with van der Waals surface area (Å²) in [5.74, 6) is -3.06. The zero-order chi connectivity index (χ0) is 25.1. The van der Waals surface area contributed by atoms with E-state index in [0.717, 1.165) is 35.4 Å². The monoisotopic (exact) mass is 517 g/mol. The van der Waals surface area contributed by atoms with Crippen LogP contribution in [0.1, 0.15) is 15.4 Å². The number of pyridine rings is 1. The third kappa shape index (κ3) is 5.15. The first-order valence-corrected chi connectivity index (χ1v) is 11.0. The van der Waals surface area contributed by atoms with Crippen molar-refractivity contribution >= 4 is 46.4 Å². The predicted octanol–water partition coefficient (Wildman–Crippen LogP) is 2.16. The summed E-state index contributed by atoms with van der Waals surface area (Å²) in [4.78, 5) is 53.4. The Morgan fingerprint density at radius 1 is 1.26 bits per heavy atom. The molecule has 0 aromatic carbocycles. The molecule has 4 heterocycles. The molecule has 14 heteroatoms. The quantitative estimate of drug-likeness (QED) is 0.262. The van der Waals surface area contributed by atoms with Gasteiger partial charge in [-0.25, -0.2) is 9.78 Å². The van der Waals surface area contributed by atoms with Crippen LogP contribution in [0.4, 0.5) is 5.82 Å². The van der Waals surface area contributed by atoms with Gasteiger partial charge in [0, 0.05) is 28.6 Å². The summed E-state index contributed by atoms with van der Waals surface area (Å²) in [6, 6.07) is 7.37. The molecule has 0 bridgehead atoms. The van der Waals surface area contributed by atoms with E-state index in [1.165, 1.54) is 23.5 Å². The summed E-state index contributed by atoms with van der Waals surface area (Å²) in [7, 11) is 1.03. The molecular formula is C21H16ClN5O7S. The molecule has 0 fully saturated rings. The number of thiophene rings is 1. The van der Waals surface area contributed by atoms with Crippen molar-refractivity contribution in [2.24, 2.45) is 0 Å². The van der Waals surface area contributed by atoms with Crippen LogP contribution in [0.3, 0.4) is 0 Å². The van der Waals surface area contributed by atoms with Crippen LogP contribution in [0.2, 0.25) is 4.34 Å². The zero-order valence-electron chi connectivity index (χ0n) is 17.9. The van der Waals surface area contributed by atoms with E-state index in [0.29, 0.717) is 15.4 Å². The van der Waals surface area contributed by atoms with E-state index < -0.39 is 35.6 Å². The number of carbonyl (C=O) groups is 3. The second-order valence-corrected chi connectivity index (χ2v) is 8.81. The molecule has 12 nitrogen and oxygen atoms in total. The number of nitrogens with zero attached hydrogens (tertiary/aromatic N) is 4. The van der Waals surface area contributed by atoms with Crippen LogP contribution in [0.5, 0.6) is 5.88 Å². The van der Waals surface area contributed by atoms with Crippen molar-refractivity contribution in [2.45, 2.75) is 13.1 Å². The second kappa shape index (κ2) is 9.95. The highest BCUT2D eigenvalue weighted by molar-refractivity contribution is 7.16. The number of ether oxygens (including phenoxy) is 1. The molecule has 0 spiro atoms. The van der Waals surface area contributed by atoms with Crippen LogP contribution in [-0.2, 0) is 27.4 Å². The van der Waals surface area contributed by atoms with Gasteiger partial charge in [-0.05, 0) is 12.1 Å². The third-order valence-corrected chi connectivity index (χ3v) is 5.97. The molecule has 2 N–H and O–H groups in total. The molecule has 0 radical (unpaired) electrons. The molecule has 180 valence electrons. The van der Waals surface area contributed by atoms with Gasteiger partial charge in [0.25, 0.3) is 11.3 Å². The van der Waals surface area contributed by atoms with Crippen molar-refractivity contribution in [3.8, 4) is 17.1 Å². The molecule has 0 aliphatic rings. The van der Waals surface area contributed by atoms with Crippen LogP contribution in [-0.4, -0.2) is 49.2 Å². The Labute approximate surface area is 205 Å². The molecule has 0 saturated heterocycles. The molecule has 4 rings (SSSR count). The highest BCUT2D eigenvalue weighted by Gasteiger charge is 2.22. The topological polar surface area (TPSA) is 159 Å². The SMILES string of the molecule is COC(=O)C(=O)Cn1c(O)cc(-c2cc(NCc3ccc(Cl)s3)n(C(=O)c3cocn3)n2)cc1=O. The number of carbonyl (C=O) groups excluding carboxylic acids is 3. The molecule has 0 aliphatic heterocycles. The number of oxazole rings is 1. The van der Waals surface area contributed by atoms with Gasteiger partial charge in [-0.3, -0.25) is 19.0 Å². The van der Waals surface area contributed by atoms with Gasteiger partial charge in [0.1, 0.15) is 12.1 Å². The molecule has 0 atom stereocenters. The summed E-state index contributed by atoms with van der Waals surface area (Å²) in [6.45, 7) is -0.371. The smallest absolute Gasteiger partial charge is 0.376 e. The van der Waals surface area contributed by atoms with Gasteiger partial charge in [-0.2, -0.15) is 9.78 Å². The number of nitrogens with one attached hydrogen (secondary N) is 1. The summed E-state index contributed by atoms with van der Waals surface area (Å²) in [5.41, 5.74) is -0.422. The van der Waals surface area contributed by atoms with Gasteiger partial charge in [0.2, 0.25) is 0 Å². The Kier molecular flexibility index (Phi) is 6.80. The number of aromatic nitrogens is 4. The summed E-state index contributed by atoms with van der Waals surface area (Å²) >= 11 is 7.33. The summed E-state index contributed by atoms with van der Waals surface area (Å²) in [5, 5.41) is 17.7. The van der Waals surface area contributed by atoms with E-state index in [9.17, 15) is 24.3 Å². The second-order valence-electron chi connectivity index (χ2n) is 7.01. The maximum Gasteiger partial charge on any atom is 0.376 e. The van der Waals surface area contributed by atoms with Crippen LogP contribution >= 0.6 is 22.9 Å². The van der Waals surface area contributed by atoms with E-state index in [1.807, 2.05) is 6.07 Å². The fourth-order valence-electron chi connectivity index (χ4n) is 3.07. The van der Waals surface area contributed by atoms with Crippen LogP contribution in [0.15, 0.2) is 52.2 Å². The van der Waals surface area contributed by atoms with Crippen molar-refractivity contribution in [1.82, 2.24) is 19.3 Å². The Morgan fingerprint density at radius 3 is 2.69 bits per heavy atom. The van der Waals surface area contributed by atoms with Gasteiger partial charge in [0.05, 0.1) is 30.2 Å². The number of methoxy groups -OCH3 is 1. The Morgan fingerprint density at radius 2 is 2.06 bits per heavy atom. The number of hydrogen-bond acceptors (Lipinski definition) is 11. The predicted molar refractivity (Wildman–Crippen MR) is 123 cm³/mol. The molecule has 0 saturated carbocycles. The van der Waals surface area contributed by atoms with Crippen molar-refractivity contribution in [1.29, 1.82) is 0 Å². The summed E-state index contributed by atoms with van der Waals surface area (Å²) in [6.07, 6.45) is 2.27. The van der Waals surface area contributed by atoms with Gasteiger partial charge in [-0.1, -0.05) is 11.6 Å². The first-order chi connectivity index (χ1) is 16.8. The first-order valence-electron chi connectivity index (χ1n) is 9.83. The van der Waals surface area contributed by atoms with Crippen LogP contribution < -0.4 is 10.9 Å². The van der Waals surface area contributed by atoms with E-state index in [-0.39, 0.29) is 22.8 Å². The molecular weight excluding hydrogens is 502 g/mol. The van der Waals surface area contributed by atoms with E-state index in [4.69, 9.17) is 16.0 Å². The number of anilines is 1. The van der Waals surface area contributed by atoms with Crippen molar-refractivity contribution in [3.63, 3.8) is 0 Å². The maximum atomic E-state index is 12.9. The lowest BCUT2D eigenvalue weighted by Crippen LogP contribution is -2.28. The number of aromatic hydroxyl groups is 1. The molecule has 0 amide bonds. The highest BCUT2D eigenvalue weighted by atomic mass is 35.5. The van der Waals surface area contributed by atoms with Crippen molar-refractivity contribution in [3.05, 3.63) is 68.2 Å². The molecule has 4 aromatic rings. The minimum atomic E-state index is -1.15.